The average molecular weight is 352 g/mol. The van der Waals surface area contributed by atoms with E-state index in [0.717, 1.165) is 0 Å². The molecule has 0 aliphatic carbocycles. The first-order chi connectivity index (χ1) is 2.00. The fourth-order valence-corrected chi connectivity index (χ4v) is 0. The molecule has 26 N–H and O–H groups in total. The van der Waals surface area contributed by atoms with Crippen molar-refractivity contribution in [2.24, 2.45) is 0 Å². The maximum Gasteiger partial charge on any atom is 1.00 e. The fraction of sp³-hybridized carbons (Fsp3) is 0. The Kier molecular flexibility index (Phi) is 1330. The second kappa shape index (κ2) is 103. The van der Waals surface area contributed by atoms with Crippen LogP contribution in [0.4, 0.5) is 0 Å². The summed E-state index contributed by atoms with van der Waals surface area (Å²) in [7, 11) is -4.89. The maximum absolute atomic E-state index is 8.77. The van der Waals surface area contributed by atoms with E-state index in [1.54, 1.807) is 0 Å². The second-order valence-corrected chi connectivity index (χ2v) is 1.47. The molecule has 0 aromatic carbocycles. The standard InChI is InChI=1S/K.H3O4P.12H2O/c;1-5(2,3)4;;;;;;;;;;;;/h;(H3,1,2,3,4);12*1H2/q+1;;;;;;;;;;;;;/p-1. The first-order valence-corrected chi connectivity index (χ1v) is 2.30. The number of hydrogen-bond donors (Lipinski definition) is 2. The molecular formula is H26KO16P. The number of rotatable bonds is 0. The predicted molar refractivity (Wildman–Crippen MR) is 55.4 cm³/mol. The van der Waals surface area contributed by atoms with Crippen LogP contribution in [0.15, 0.2) is 0 Å². The molecule has 0 spiro atoms. The largest absolute Gasteiger partial charge is 1.00 e. The zero-order valence-corrected chi connectivity index (χ0v) is 13.2. The van der Waals surface area contributed by atoms with E-state index in [1.807, 2.05) is 0 Å². The summed E-state index contributed by atoms with van der Waals surface area (Å²) in [6, 6.07) is 0. The van der Waals surface area contributed by atoms with Crippen molar-refractivity contribution in [3.63, 3.8) is 0 Å². The summed E-state index contributed by atoms with van der Waals surface area (Å²) < 4.78 is 8.77. The SMILES string of the molecule is O.O.O.O.O.O.O.O.O.O.O.O.O=P([O-])(O)O.[K+]. The fourth-order valence-electron chi connectivity index (χ4n) is 0. The smallest absolute Gasteiger partial charge is 0.756 e. The Bertz CT molecular complexity index is 57.2. The van der Waals surface area contributed by atoms with Crippen LogP contribution in [-0.4, -0.2) is 75.5 Å². The van der Waals surface area contributed by atoms with Crippen LogP contribution in [0.1, 0.15) is 0 Å². The van der Waals surface area contributed by atoms with Crippen molar-refractivity contribution in [3.8, 4) is 0 Å². The average Bonchev–Trinajstić information content (AvgIpc) is 0.722. The van der Waals surface area contributed by atoms with Gasteiger partial charge in [0.05, 0.1) is 0 Å². The van der Waals surface area contributed by atoms with E-state index in [2.05, 4.69) is 0 Å². The third kappa shape index (κ3) is 2850. The van der Waals surface area contributed by atoms with E-state index in [-0.39, 0.29) is 117 Å². The van der Waals surface area contributed by atoms with E-state index >= 15 is 0 Å². The molecule has 0 saturated carbocycles. The Morgan fingerprint density at radius 2 is 0.556 bits per heavy atom. The van der Waals surface area contributed by atoms with Crippen LogP contribution in [0.25, 0.3) is 0 Å². The van der Waals surface area contributed by atoms with Crippen LogP contribution in [0.3, 0.4) is 0 Å². The Balaban J connectivity index is -0.00000000103. The van der Waals surface area contributed by atoms with E-state index in [4.69, 9.17) is 19.2 Å². The first-order valence-electron chi connectivity index (χ1n) is 0.765. The molecule has 0 aliphatic rings. The third-order valence-electron chi connectivity index (χ3n) is 0. The Morgan fingerprint density at radius 3 is 0.556 bits per heavy atom. The minimum Gasteiger partial charge on any atom is -0.756 e. The number of phosphoric acid groups is 1. The first kappa shape index (κ1) is 232. The van der Waals surface area contributed by atoms with Gasteiger partial charge in [0.25, 0.3) is 7.82 Å². The summed E-state index contributed by atoms with van der Waals surface area (Å²) in [5.41, 5.74) is 0. The van der Waals surface area contributed by atoms with E-state index in [1.165, 1.54) is 0 Å². The molecule has 0 heterocycles. The molecule has 0 rings (SSSR count). The molecule has 0 fully saturated rings. The van der Waals surface area contributed by atoms with Gasteiger partial charge in [-0.15, -0.1) is 0 Å². The molecule has 0 saturated heterocycles. The molecule has 0 atom stereocenters. The monoisotopic (exact) mass is 352 g/mol. The van der Waals surface area contributed by atoms with E-state index in [0.29, 0.717) is 0 Å². The van der Waals surface area contributed by atoms with Gasteiger partial charge in [-0.1, -0.05) is 0 Å². The van der Waals surface area contributed by atoms with Crippen molar-refractivity contribution in [1.29, 1.82) is 0 Å². The van der Waals surface area contributed by atoms with Gasteiger partial charge in [0.15, 0.2) is 0 Å². The van der Waals surface area contributed by atoms with Crippen LogP contribution in [0, 0.1) is 0 Å². The molecule has 128 valence electrons. The van der Waals surface area contributed by atoms with Gasteiger partial charge in [-0.3, -0.25) is 4.57 Å². The molecule has 0 bridgehead atoms. The Labute approximate surface area is 143 Å². The van der Waals surface area contributed by atoms with Gasteiger partial charge >= 0.3 is 51.4 Å². The molecule has 16 nitrogen and oxygen atoms in total. The van der Waals surface area contributed by atoms with Gasteiger partial charge in [0.2, 0.25) is 0 Å². The zero-order chi connectivity index (χ0) is 4.50. The van der Waals surface area contributed by atoms with Crippen LogP contribution in [-0.2, 0) is 4.57 Å². The van der Waals surface area contributed by atoms with E-state index in [9.17, 15) is 0 Å². The van der Waals surface area contributed by atoms with Crippen LogP contribution >= 0.6 is 7.82 Å². The van der Waals surface area contributed by atoms with Gasteiger partial charge in [0.1, 0.15) is 0 Å². The molecule has 18 heavy (non-hydrogen) atoms. The summed E-state index contributed by atoms with van der Waals surface area (Å²) in [6.45, 7) is 0. The molecule has 0 aromatic rings. The predicted octanol–water partition coefficient (Wildman–Crippen LogP) is -14.5. The van der Waals surface area contributed by atoms with Crippen LogP contribution in [0.5, 0.6) is 0 Å². The molecule has 0 aliphatic heterocycles. The van der Waals surface area contributed by atoms with Gasteiger partial charge in [-0.2, -0.15) is 0 Å². The molecule has 0 unspecified atom stereocenters. The van der Waals surface area contributed by atoms with Gasteiger partial charge in [0, 0.05) is 0 Å². The van der Waals surface area contributed by atoms with Crippen molar-refractivity contribution < 1.29 is 136 Å². The topological polar surface area (TPSA) is 459 Å². The molecule has 18 heteroatoms. The molecule has 0 radical (unpaired) electrons. The normalized spacial score (nSPS) is 3.28. The number of hydrogen-bond acceptors (Lipinski definition) is 2. The molecule has 0 aromatic heterocycles. The molecule has 0 amide bonds. The summed E-state index contributed by atoms with van der Waals surface area (Å²) in [5.74, 6) is 0. The van der Waals surface area contributed by atoms with Crippen molar-refractivity contribution in [1.82, 2.24) is 0 Å². The van der Waals surface area contributed by atoms with Crippen LogP contribution in [0.2, 0.25) is 0 Å². The maximum atomic E-state index is 8.77. The van der Waals surface area contributed by atoms with Gasteiger partial charge in [-0.05, 0) is 0 Å². The Hall–Kier alpha value is 1.27. The molecular weight excluding hydrogens is 326 g/mol. The summed E-state index contributed by atoms with van der Waals surface area (Å²) in [6.07, 6.45) is 0. The minimum atomic E-state index is -4.89. The second-order valence-electron chi connectivity index (χ2n) is 0.491. The van der Waals surface area contributed by atoms with Crippen molar-refractivity contribution in [2.45, 2.75) is 0 Å². The van der Waals surface area contributed by atoms with Crippen molar-refractivity contribution >= 4 is 7.82 Å². The van der Waals surface area contributed by atoms with Crippen molar-refractivity contribution in [3.05, 3.63) is 0 Å². The quantitative estimate of drug-likeness (QED) is 0.316. The van der Waals surface area contributed by atoms with Crippen molar-refractivity contribution in [2.75, 3.05) is 0 Å². The summed E-state index contributed by atoms with van der Waals surface area (Å²) >= 11 is 0. The van der Waals surface area contributed by atoms with Gasteiger partial charge in [-0.25, -0.2) is 0 Å². The minimum absolute atomic E-state index is 0. The Morgan fingerprint density at radius 1 is 0.556 bits per heavy atom. The third-order valence-corrected chi connectivity index (χ3v) is 0. The van der Waals surface area contributed by atoms with E-state index < -0.39 is 7.82 Å². The van der Waals surface area contributed by atoms with Gasteiger partial charge < -0.3 is 80.4 Å². The summed E-state index contributed by atoms with van der Waals surface area (Å²) in [5, 5.41) is 0. The van der Waals surface area contributed by atoms with Crippen LogP contribution < -0.4 is 56.3 Å². The zero-order valence-electron chi connectivity index (χ0n) is 9.16. The summed E-state index contributed by atoms with van der Waals surface area (Å²) in [4.78, 5) is 22.9.